The van der Waals surface area contributed by atoms with Crippen molar-refractivity contribution in [2.24, 2.45) is 0 Å². The van der Waals surface area contributed by atoms with Crippen molar-refractivity contribution in [2.45, 2.75) is 26.3 Å². The first-order chi connectivity index (χ1) is 8.04. The first-order valence-corrected chi connectivity index (χ1v) is 6.10. The summed E-state index contributed by atoms with van der Waals surface area (Å²) in [7, 11) is 0. The number of piperazine rings is 1. The van der Waals surface area contributed by atoms with E-state index >= 15 is 0 Å². The van der Waals surface area contributed by atoms with Crippen molar-refractivity contribution in [3.8, 4) is 0 Å². The SMILES string of the molecule is CC(C)(C)Nc1cnc(N2CCNCC2)cn1. The van der Waals surface area contributed by atoms with Gasteiger partial charge in [-0.2, -0.15) is 0 Å². The highest BCUT2D eigenvalue weighted by atomic mass is 15.2. The van der Waals surface area contributed by atoms with Gasteiger partial charge in [0.2, 0.25) is 0 Å². The molecule has 0 amide bonds. The summed E-state index contributed by atoms with van der Waals surface area (Å²) < 4.78 is 0. The summed E-state index contributed by atoms with van der Waals surface area (Å²) in [5.74, 6) is 1.79. The van der Waals surface area contributed by atoms with Gasteiger partial charge in [0.05, 0.1) is 12.4 Å². The Bertz CT molecular complexity index is 348. The molecule has 0 atom stereocenters. The highest BCUT2D eigenvalue weighted by Crippen LogP contribution is 2.14. The molecule has 1 aromatic rings. The lowest BCUT2D eigenvalue weighted by molar-refractivity contribution is 0.584. The molecule has 0 aromatic carbocycles. The Balaban J connectivity index is 2.02. The summed E-state index contributed by atoms with van der Waals surface area (Å²) in [6.07, 6.45) is 3.65. The minimum Gasteiger partial charge on any atom is -0.364 e. The minimum absolute atomic E-state index is 0.0191. The number of nitrogens with zero attached hydrogens (tertiary/aromatic N) is 3. The molecule has 0 unspecified atom stereocenters. The van der Waals surface area contributed by atoms with Gasteiger partial charge in [0, 0.05) is 31.7 Å². The number of nitrogens with one attached hydrogen (secondary N) is 2. The molecule has 2 rings (SSSR count). The molecule has 94 valence electrons. The third-order valence-electron chi connectivity index (χ3n) is 2.58. The average molecular weight is 235 g/mol. The Morgan fingerprint density at radius 2 is 1.88 bits per heavy atom. The Morgan fingerprint density at radius 3 is 2.41 bits per heavy atom. The monoisotopic (exact) mass is 235 g/mol. The Labute approximate surface area is 103 Å². The maximum Gasteiger partial charge on any atom is 0.147 e. The fraction of sp³-hybridized carbons (Fsp3) is 0.667. The van der Waals surface area contributed by atoms with Crippen LogP contribution in [-0.2, 0) is 0 Å². The van der Waals surface area contributed by atoms with Crippen molar-refractivity contribution >= 4 is 11.6 Å². The predicted octanol–water partition coefficient (Wildman–Crippen LogP) is 1.10. The van der Waals surface area contributed by atoms with Gasteiger partial charge in [-0.05, 0) is 20.8 Å². The quantitative estimate of drug-likeness (QED) is 0.804. The van der Waals surface area contributed by atoms with Crippen LogP contribution in [0.3, 0.4) is 0 Å². The van der Waals surface area contributed by atoms with E-state index in [2.05, 4.69) is 46.3 Å². The number of aromatic nitrogens is 2. The number of hydrogen-bond donors (Lipinski definition) is 2. The summed E-state index contributed by atoms with van der Waals surface area (Å²) in [6.45, 7) is 10.4. The van der Waals surface area contributed by atoms with Gasteiger partial charge in [0.15, 0.2) is 0 Å². The first kappa shape index (κ1) is 12.1. The van der Waals surface area contributed by atoms with Crippen LogP contribution >= 0.6 is 0 Å². The van der Waals surface area contributed by atoms with Gasteiger partial charge in [-0.25, -0.2) is 9.97 Å². The van der Waals surface area contributed by atoms with Gasteiger partial charge in [-0.15, -0.1) is 0 Å². The van der Waals surface area contributed by atoms with E-state index in [-0.39, 0.29) is 5.54 Å². The lowest BCUT2D eigenvalue weighted by atomic mass is 10.1. The molecular weight excluding hydrogens is 214 g/mol. The molecule has 0 aliphatic carbocycles. The average Bonchev–Trinajstić information content (AvgIpc) is 2.29. The molecule has 2 N–H and O–H groups in total. The summed E-state index contributed by atoms with van der Waals surface area (Å²) in [5.41, 5.74) is 0.0191. The normalized spacial score (nSPS) is 17.0. The largest absolute Gasteiger partial charge is 0.364 e. The molecule has 1 aromatic heterocycles. The van der Waals surface area contributed by atoms with Gasteiger partial charge in [-0.3, -0.25) is 0 Å². The zero-order chi connectivity index (χ0) is 12.3. The molecule has 0 radical (unpaired) electrons. The zero-order valence-corrected chi connectivity index (χ0v) is 10.8. The van der Waals surface area contributed by atoms with Crippen LogP contribution in [0.15, 0.2) is 12.4 Å². The van der Waals surface area contributed by atoms with E-state index in [1.54, 1.807) is 0 Å². The number of anilines is 2. The molecule has 2 heterocycles. The second kappa shape index (κ2) is 4.87. The van der Waals surface area contributed by atoms with Crippen LogP contribution in [0, 0.1) is 0 Å². The third kappa shape index (κ3) is 3.56. The minimum atomic E-state index is 0.0191. The van der Waals surface area contributed by atoms with Crippen molar-refractivity contribution in [2.75, 3.05) is 36.4 Å². The van der Waals surface area contributed by atoms with Crippen molar-refractivity contribution in [1.82, 2.24) is 15.3 Å². The maximum absolute atomic E-state index is 4.46. The van der Waals surface area contributed by atoms with E-state index in [9.17, 15) is 0 Å². The van der Waals surface area contributed by atoms with E-state index in [1.807, 2.05) is 12.4 Å². The van der Waals surface area contributed by atoms with Gasteiger partial charge in [0.25, 0.3) is 0 Å². The molecule has 1 saturated heterocycles. The Morgan fingerprint density at radius 1 is 1.18 bits per heavy atom. The van der Waals surface area contributed by atoms with Crippen LogP contribution in [0.1, 0.15) is 20.8 Å². The molecule has 1 fully saturated rings. The second-order valence-corrected chi connectivity index (χ2v) is 5.37. The fourth-order valence-electron chi connectivity index (χ4n) is 1.83. The molecule has 17 heavy (non-hydrogen) atoms. The van der Waals surface area contributed by atoms with E-state index in [1.165, 1.54) is 0 Å². The lowest BCUT2D eigenvalue weighted by Gasteiger charge is -2.28. The second-order valence-electron chi connectivity index (χ2n) is 5.37. The molecule has 5 nitrogen and oxygen atoms in total. The van der Waals surface area contributed by atoms with E-state index in [4.69, 9.17) is 0 Å². The molecule has 0 bridgehead atoms. The first-order valence-electron chi connectivity index (χ1n) is 6.10. The highest BCUT2D eigenvalue weighted by molar-refractivity contribution is 5.42. The van der Waals surface area contributed by atoms with Crippen molar-refractivity contribution < 1.29 is 0 Å². The third-order valence-corrected chi connectivity index (χ3v) is 2.58. The van der Waals surface area contributed by atoms with Crippen molar-refractivity contribution in [3.63, 3.8) is 0 Å². The van der Waals surface area contributed by atoms with Crippen LogP contribution in [0.5, 0.6) is 0 Å². The van der Waals surface area contributed by atoms with Crippen molar-refractivity contribution in [1.29, 1.82) is 0 Å². The van der Waals surface area contributed by atoms with E-state index < -0.39 is 0 Å². The van der Waals surface area contributed by atoms with Crippen LogP contribution < -0.4 is 15.5 Å². The topological polar surface area (TPSA) is 53.1 Å². The van der Waals surface area contributed by atoms with Gasteiger partial charge >= 0.3 is 0 Å². The Hall–Kier alpha value is -1.36. The van der Waals surface area contributed by atoms with Crippen LogP contribution in [0.2, 0.25) is 0 Å². The Kier molecular flexibility index (Phi) is 3.47. The van der Waals surface area contributed by atoms with E-state index in [0.29, 0.717) is 0 Å². The summed E-state index contributed by atoms with van der Waals surface area (Å²) in [6, 6.07) is 0. The van der Waals surface area contributed by atoms with Gasteiger partial charge < -0.3 is 15.5 Å². The molecule has 5 heteroatoms. The number of rotatable bonds is 2. The number of hydrogen-bond acceptors (Lipinski definition) is 5. The van der Waals surface area contributed by atoms with E-state index in [0.717, 1.165) is 37.8 Å². The lowest BCUT2D eigenvalue weighted by Crippen LogP contribution is -2.43. The molecule has 1 aliphatic rings. The molecular formula is C12H21N5. The van der Waals surface area contributed by atoms with Gasteiger partial charge in [0.1, 0.15) is 11.6 Å². The molecule has 0 spiro atoms. The smallest absolute Gasteiger partial charge is 0.147 e. The molecule has 1 aliphatic heterocycles. The van der Waals surface area contributed by atoms with Crippen LogP contribution in [-0.4, -0.2) is 41.7 Å². The van der Waals surface area contributed by atoms with Crippen LogP contribution in [0.25, 0.3) is 0 Å². The van der Waals surface area contributed by atoms with Crippen LogP contribution in [0.4, 0.5) is 11.6 Å². The van der Waals surface area contributed by atoms with Gasteiger partial charge in [-0.1, -0.05) is 0 Å². The standard InChI is InChI=1S/C12H21N5/c1-12(2,3)16-10-8-15-11(9-14-10)17-6-4-13-5-7-17/h8-9,13H,4-7H2,1-3H3,(H,14,16). The van der Waals surface area contributed by atoms with Crippen molar-refractivity contribution in [3.05, 3.63) is 12.4 Å². The summed E-state index contributed by atoms with van der Waals surface area (Å²) in [4.78, 5) is 11.1. The summed E-state index contributed by atoms with van der Waals surface area (Å²) >= 11 is 0. The zero-order valence-electron chi connectivity index (χ0n) is 10.8. The molecule has 0 saturated carbocycles. The summed E-state index contributed by atoms with van der Waals surface area (Å²) in [5, 5.41) is 6.63. The predicted molar refractivity (Wildman–Crippen MR) is 70.5 cm³/mol. The fourth-order valence-corrected chi connectivity index (χ4v) is 1.83. The maximum atomic E-state index is 4.46. The highest BCUT2D eigenvalue weighted by Gasteiger charge is 2.13.